The molecule has 0 spiro atoms. The van der Waals surface area contributed by atoms with Gasteiger partial charge in [0.25, 0.3) is 0 Å². The monoisotopic (exact) mass is 319 g/mol. The number of esters is 2. The first-order valence-electron chi connectivity index (χ1n) is 7.17. The molecule has 0 aliphatic heterocycles. The standard InChI is InChI=1S/C17H21NO5/c1-11(13-8-6-5-7-9-13)18-14(10-15(20)22-3)16(12(2)19)17(21)23-4/h5-9,11,16H,10H2,1-4H3. The highest BCUT2D eigenvalue weighted by atomic mass is 16.5. The Labute approximate surface area is 135 Å². The normalized spacial score (nSPS) is 13.8. The van der Waals surface area contributed by atoms with Crippen molar-refractivity contribution in [1.82, 2.24) is 0 Å². The smallest absolute Gasteiger partial charge is 0.322 e. The van der Waals surface area contributed by atoms with Crippen molar-refractivity contribution in [3.63, 3.8) is 0 Å². The van der Waals surface area contributed by atoms with E-state index < -0.39 is 23.6 Å². The summed E-state index contributed by atoms with van der Waals surface area (Å²) in [7, 11) is 2.43. The van der Waals surface area contributed by atoms with Crippen LogP contribution in [0.1, 0.15) is 31.9 Å². The zero-order valence-corrected chi connectivity index (χ0v) is 13.7. The number of Topliss-reactive ketones (excluding diaryl/α,β-unsaturated/α-hetero) is 1. The molecule has 0 N–H and O–H groups in total. The van der Waals surface area contributed by atoms with Gasteiger partial charge in [0.05, 0.1) is 26.7 Å². The summed E-state index contributed by atoms with van der Waals surface area (Å²) in [6.45, 7) is 3.09. The summed E-state index contributed by atoms with van der Waals surface area (Å²) in [4.78, 5) is 39.8. The van der Waals surface area contributed by atoms with Crippen molar-refractivity contribution in [3.8, 4) is 0 Å². The number of ether oxygens (including phenoxy) is 2. The van der Waals surface area contributed by atoms with E-state index in [-0.39, 0.29) is 18.2 Å². The SMILES string of the molecule is COC(=O)CC(=NC(C)c1ccccc1)C(C(C)=O)C(=O)OC. The second-order valence-corrected chi connectivity index (χ2v) is 5.03. The Morgan fingerprint density at radius 1 is 1.09 bits per heavy atom. The predicted molar refractivity (Wildman–Crippen MR) is 85.1 cm³/mol. The third kappa shape index (κ3) is 5.32. The van der Waals surface area contributed by atoms with E-state index in [0.29, 0.717) is 0 Å². The molecule has 1 aromatic rings. The van der Waals surface area contributed by atoms with E-state index in [0.717, 1.165) is 5.56 Å². The fourth-order valence-electron chi connectivity index (χ4n) is 2.15. The van der Waals surface area contributed by atoms with E-state index >= 15 is 0 Å². The molecule has 0 aromatic heterocycles. The van der Waals surface area contributed by atoms with Gasteiger partial charge >= 0.3 is 11.9 Å². The van der Waals surface area contributed by atoms with Crippen molar-refractivity contribution < 1.29 is 23.9 Å². The third-order valence-electron chi connectivity index (χ3n) is 3.37. The molecule has 124 valence electrons. The molecule has 0 aliphatic rings. The maximum Gasteiger partial charge on any atom is 0.322 e. The maximum atomic E-state index is 11.9. The molecule has 1 rings (SSSR count). The molecular weight excluding hydrogens is 298 g/mol. The quantitative estimate of drug-likeness (QED) is 0.437. The number of rotatable bonds is 7. The van der Waals surface area contributed by atoms with Crippen LogP contribution in [0.4, 0.5) is 0 Å². The fourth-order valence-corrected chi connectivity index (χ4v) is 2.15. The van der Waals surface area contributed by atoms with Crippen molar-refractivity contribution in [1.29, 1.82) is 0 Å². The van der Waals surface area contributed by atoms with Crippen LogP contribution in [0.25, 0.3) is 0 Å². The van der Waals surface area contributed by atoms with Gasteiger partial charge in [0, 0.05) is 5.71 Å². The van der Waals surface area contributed by atoms with Crippen LogP contribution < -0.4 is 0 Å². The molecule has 0 aliphatic carbocycles. The largest absolute Gasteiger partial charge is 0.469 e. The summed E-state index contributed by atoms with van der Waals surface area (Å²) in [6, 6.07) is 9.05. The third-order valence-corrected chi connectivity index (χ3v) is 3.37. The van der Waals surface area contributed by atoms with E-state index in [2.05, 4.69) is 14.5 Å². The molecule has 0 fully saturated rings. The van der Waals surface area contributed by atoms with Gasteiger partial charge < -0.3 is 9.47 Å². The van der Waals surface area contributed by atoms with Crippen LogP contribution in [0, 0.1) is 5.92 Å². The van der Waals surface area contributed by atoms with Gasteiger partial charge in [-0.3, -0.25) is 19.4 Å². The number of aliphatic imine (C=N–C) groups is 1. The summed E-state index contributed by atoms with van der Waals surface area (Å²) in [6.07, 6.45) is -0.243. The summed E-state index contributed by atoms with van der Waals surface area (Å²) in [5, 5.41) is 0. The highest BCUT2D eigenvalue weighted by molar-refractivity contribution is 6.21. The van der Waals surface area contributed by atoms with Gasteiger partial charge in [-0.25, -0.2) is 0 Å². The zero-order valence-electron chi connectivity index (χ0n) is 13.7. The lowest BCUT2D eigenvalue weighted by atomic mass is 9.95. The summed E-state index contributed by atoms with van der Waals surface area (Å²) >= 11 is 0. The summed E-state index contributed by atoms with van der Waals surface area (Å²) < 4.78 is 9.29. The minimum Gasteiger partial charge on any atom is -0.469 e. The average molecular weight is 319 g/mol. The molecule has 2 atom stereocenters. The number of carbonyl (C=O) groups is 3. The molecule has 0 saturated heterocycles. The molecule has 23 heavy (non-hydrogen) atoms. The Hall–Kier alpha value is -2.50. The molecule has 1 aromatic carbocycles. The van der Waals surface area contributed by atoms with Crippen LogP contribution >= 0.6 is 0 Å². The first-order valence-corrected chi connectivity index (χ1v) is 7.17. The second kappa shape index (κ2) is 8.82. The molecular formula is C17H21NO5. The number of carbonyl (C=O) groups excluding carboxylic acids is 3. The van der Waals surface area contributed by atoms with Crippen molar-refractivity contribution >= 4 is 23.4 Å². The van der Waals surface area contributed by atoms with E-state index in [1.54, 1.807) is 0 Å². The highest BCUT2D eigenvalue weighted by Crippen LogP contribution is 2.20. The van der Waals surface area contributed by atoms with E-state index in [1.165, 1.54) is 21.1 Å². The Morgan fingerprint density at radius 3 is 2.17 bits per heavy atom. The van der Waals surface area contributed by atoms with Gasteiger partial charge in [0.15, 0.2) is 5.92 Å². The lowest BCUT2D eigenvalue weighted by Crippen LogP contribution is -2.33. The minimum absolute atomic E-state index is 0.146. The highest BCUT2D eigenvalue weighted by Gasteiger charge is 2.32. The zero-order chi connectivity index (χ0) is 17.4. The van der Waals surface area contributed by atoms with E-state index in [9.17, 15) is 14.4 Å². The molecule has 6 heteroatoms. The molecule has 0 saturated carbocycles. The van der Waals surface area contributed by atoms with E-state index in [4.69, 9.17) is 0 Å². The van der Waals surface area contributed by atoms with Gasteiger partial charge in [0.1, 0.15) is 5.78 Å². The van der Waals surface area contributed by atoms with Crippen LogP contribution in [0.5, 0.6) is 0 Å². The van der Waals surface area contributed by atoms with Crippen molar-refractivity contribution in [2.75, 3.05) is 14.2 Å². The first-order chi connectivity index (χ1) is 10.9. The lowest BCUT2D eigenvalue weighted by Gasteiger charge is -2.16. The number of ketones is 1. The van der Waals surface area contributed by atoms with Crippen LogP contribution in [0.15, 0.2) is 35.3 Å². The number of nitrogens with zero attached hydrogens (tertiary/aromatic N) is 1. The van der Waals surface area contributed by atoms with Gasteiger partial charge in [-0.1, -0.05) is 30.3 Å². The number of benzene rings is 1. The summed E-state index contributed by atoms with van der Waals surface area (Å²) in [5.74, 6) is -2.94. The number of methoxy groups -OCH3 is 2. The molecule has 0 bridgehead atoms. The Balaban J connectivity index is 3.22. The molecule has 0 heterocycles. The fraction of sp³-hybridized carbons (Fsp3) is 0.412. The predicted octanol–water partition coefficient (Wildman–Crippen LogP) is 2.13. The van der Waals surface area contributed by atoms with Crippen molar-refractivity contribution in [2.45, 2.75) is 26.3 Å². The molecule has 2 unspecified atom stereocenters. The Kier molecular flexibility index (Phi) is 7.12. The minimum atomic E-state index is -1.20. The summed E-state index contributed by atoms with van der Waals surface area (Å²) in [5.41, 5.74) is 1.05. The molecule has 0 radical (unpaired) electrons. The Bertz CT molecular complexity index is 594. The number of hydrogen-bond acceptors (Lipinski definition) is 6. The molecule has 0 amide bonds. The average Bonchev–Trinajstić information content (AvgIpc) is 2.54. The van der Waals surface area contributed by atoms with Gasteiger partial charge in [-0.05, 0) is 19.4 Å². The second-order valence-electron chi connectivity index (χ2n) is 5.03. The van der Waals surface area contributed by atoms with Gasteiger partial charge in [-0.2, -0.15) is 0 Å². The van der Waals surface area contributed by atoms with Crippen LogP contribution in [0.2, 0.25) is 0 Å². The topological polar surface area (TPSA) is 82.0 Å². The lowest BCUT2D eigenvalue weighted by molar-refractivity contribution is -0.146. The Morgan fingerprint density at radius 2 is 1.70 bits per heavy atom. The maximum absolute atomic E-state index is 11.9. The molecule has 6 nitrogen and oxygen atoms in total. The van der Waals surface area contributed by atoms with Gasteiger partial charge in [-0.15, -0.1) is 0 Å². The van der Waals surface area contributed by atoms with Crippen molar-refractivity contribution in [2.24, 2.45) is 10.9 Å². The van der Waals surface area contributed by atoms with Crippen LogP contribution in [-0.2, 0) is 23.9 Å². The van der Waals surface area contributed by atoms with Crippen LogP contribution in [-0.4, -0.2) is 37.7 Å². The van der Waals surface area contributed by atoms with Crippen LogP contribution in [0.3, 0.4) is 0 Å². The van der Waals surface area contributed by atoms with Gasteiger partial charge in [0.2, 0.25) is 0 Å². The number of hydrogen-bond donors (Lipinski definition) is 0. The first kappa shape index (κ1) is 18.5. The van der Waals surface area contributed by atoms with Crippen molar-refractivity contribution in [3.05, 3.63) is 35.9 Å². The van der Waals surface area contributed by atoms with E-state index in [1.807, 2.05) is 37.3 Å².